The van der Waals surface area contributed by atoms with Crippen LogP contribution in [0.5, 0.6) is 0 Å². The third-order valence-electron chi connectivity index (χ3n) is 1.94. The molecule has 0 heterocycles. The van der Waals surface area contributed by atoms with Crippen LogP contribution in [-0.2, 0) is 0 Å². The maximum absolute atomic E-state index is 11.7. The molecule has 3 nitrogen and oxygen atoms in total. The van der Waals surface area contributed by atoms with Crippen LogP contribution in [-0.4, -0.2) is 11.6 Å². The molecule has 0 bridgehead atoms. The van der Waals surface area contributed by atoms with Crippen molar-refractivity contribution in [2.45, 2.75) is 33.2 Å². The van der Waals surface area contributed by atoms with Crippen molar-refractivity contribution in [1.82, 2.24) is 5.32 Å². The molecule has 1 aromatic carbocycles. The Morgan fingerprint density at radius 1 is 1.31 bits per heavy atom. The third kappa shape index (κ3) is 4.23. The average Bonchev–Trinajstić information content (AvgIpc) is 2.08. The van der Waals surface area contributed by atoms with E-state index in [1.807, 2.05) is 45.9 Å². The Morgan fingerprint density at radius 3 is 2.50 bits per heavy atom. The minimum atomic E-state index is -0.232. The fourth-order valence-corrected chi connectivity index (χ4v) is 1.58. The first-order chi connectivity index (χ1) is 7.28. The third-order valence-corrected chi connectivity index (χ3v) is 2.43. The van der Waals surface area contributed by atoms with E-state index in [4.69, 9.17) is 0 Å². The molecule has 0 spiro atoms. The van der Waals surface area contributed by atoms with Gasteiger partial charge in [0.1, 0.15) is 0 Å². The molecule has 2 N–H and O–H groups in total. The molecule has 2 amide bonds. The van der Waals surface area contributed by atoms with Gasteiger partial charge in [0.15, 0.2) is 0 Å². The highest BCUT2D eigenvalue weighted by atomic mass is 79.9. The van der Waals surface area contributed by atoms with Gasteiger partial charge in [-0.15, -0.1) is 0 Å². The lowest BCUT2D eigenvalue weighted by Gasteiger charge is -2.21. The number of halogens is 1. The molecule has 0 saturated heterocycles. The average molecular weight is 285 g/mol. The number of rotatable bonds is 1. The molecule has 0 saturated carbocycles. The van der Waals surface area contributed by atoms with E-state index in [-0.39, 0.29) is 11.6 Å². The van der Waals surface area contributed by atoms with Gasteiger partial charge in [-0.2, -0.15) is 0 Å². The Bertz CT molecular complexity index is 396. The number of hydrogen-bond donors (Lipinski definition) is 2. The summed E-state index contributed by atoms with van der Waals surface area (Å²) < 4.78 is 0.948. The van der Waals surface area contributed by atoms with Crippen molar-refractivity contribution >= 4 is 27.6 Å². The molecule has 0 aliphatic carbocycles. The summed E-state index contributed by atoms with van der Waals surface area (Å²) in [5.74, 6) is 0. The molecule has 0 aliphatic rings. The van der Waals surface area contributed by atoms with Gasteiger partial charge in [-0.05, 0) is 45.4 Å². The van der Waals surface area contributed by atoms with E-state index >= 15 is 0 Å². The van der Waals surface area contributed by atoms with E-state index in [1.54, 1.807) is 0 Å². The molecule has 1 aromatic rings. The van der Waals surface area contributed by atoms with Crippen molar-refractivity contribution in [3.05, 3.63) is 28.2 Å². The molecular weight excluding hydrogens is 268 g/mol. The molecule has 0 radical (unpaired) electrons. The van der Waals surface area contributed by atoms with Crippen molar-refractivity contribution in [3.63, 3.8) is 0 Å². The molecule has 0 aromatic heterocycles. The molecule has 0 fully saturated rings. The predicted octanol–water partition coefficient (Wildman–Crippen LogP) is 3.68. The SMILES string of the molecule is Cc1ccc(Br)cc1NC(=O)NC(C)(C)C. The number of carbonyl (C=O) groups excluding carboxylic acids is 1. The van der Waals surface area contributed by atoms with Gasteiger partial charge >= 0.3 is 6.03 Å². The summed E-state index contributed by atoms with van der Waals surface area (Å²) in [5.41, 5.74) is 1.62. The highest BCUT2D eigenvalue weighted by Gasteiger charge is 2.14. The van der Waals surface area contributed by atoms with Gasteiger partial charge in [-0.1, -0.05) is 22.0 Å². The van der Waals surface area contributed by atoms with Crippen LogP contribution in [0.1, 0.15) is 26.3 Å². The standard InChI is InChI=1S/C12H17BrN2O/c1-8-5-6-9(13)7-10(8)14-11(16)15-12(2,3)4/h5-7H,1-4H3,(H2,14,15,16). The summed E-state index contributed by atoms with van der Waals surface area (Å²) in [6.45, 7) is 7.79. The number of nitrogens with one attached hydrogen (secondary N) is 2. The second-order valence-electron chi connectivity index (χ2n) is 4.79. The predicted molar refractivity (Wildman–Crippen MR) is 70.8 cm³/mol. The smallest absolute Gasteiger partial charge is 0.319 e. The van der Waals surface area contributed by atoms with Gasteiger partial charge in [0, 0.05) is 15.7 Å². The molecule has 4 heteroatoms. The Labute approximate surface area is 105 Å². The lowest BCUT2D eigenvalue weighted by molar-refractivity contribution is 0.244. The zero-order valence-electron chi connectivity index (χ0n) is 10.0. The van der Waals surface area contributed by atoms with E-state index in [1.165, 1.54) is 0 Å². The number of benzene rings is 1. The van der Waals surface area contributed by atoms with Crippen molar-refractivity contribution in [2.75, 3.05) is 5.32 Å². The van der Waals surface area contributed by atoms with Gasteiger partial charge in [-0.25, -0.2) is 4.79 Å². The van der Waals surface area contributed by atoms with E-state index in [2.05, 4.69) is 26.6 Å². The van der Waals surface area contributed by atoms with Gasteiger partial charge in [0.05, 0.1) is 0 Å². The monoisotopic (exact) mass is 284 g/mol. The van der Waals surface area contributed by atoms with Crippen molar-refractivity contribution < 1.29 is 4.79 Å². The minimum absolute atomic E-state index is 0.186. The van der Waals surface area contributed by atoms with Crippen LogP contribution in [0.15, 0.2) is 22.7 Å². The summed E-state index contributed by atoms with van der Waals surface area (Å²) >= 11 is 3.38. The lowest BCUT2D eigenvalue weighted by Crippen LogP contribution is -2.43. The largest absolute Gasteiger partial charge is 0.333 e. The second kappa shape index (κ2) is 4.87. The normalized spacial score (nSPS) is 11.1. The van der Waals surface area contributed by atoms with Crippen LogP contribution in [0, 0.1) is 6.92 Å². The van der Waals surface area contributed by atoms with Gasteiger partial charge in [0.25, 0.3) is 0 Å². The van der Waals surface area contributed by atoms with Gasteiger partial charge in [0.2, 0.25) is 0 Å². The Balaban J connectivity index is 2.73. The zero-order chi connectivity index (χ0) is 12.3. The van der Waals surface area contributed by atoms with Crippen LogP contribution in [0.4, 0.5) is 10.5 Å². The molecule has 0 unspecified atom stereocenters. The van der Waals surface area contributed by atoms with Crippen LogP contribution >= 0.6 is 15.9 Å². The summed E-state index contributed by atoms with van der Waals surface area (Å²) in [4.78, 5) is 11.7. The van der Waals surface area contributed by atoms with Crippen LogP contribution in [0.3, 0.4) is 0 Å². The zero-order valence-corrected chi connectivity index (χ0v) is 11.6. The van der Waals surface area contributed by atoms with Crippen LogP contribution in [0.25, 0.3) is 0 Å². The minimum Gasteiger partial charge on any atom is -0.333 e. The lowest BCUT2D eigenvalue weighted by atomic mass is 10.1. The number of anilines is 1. The first kappa shape index (κ1) is 13.0. The fraction of sp³-hybridized carbons (Fsp3) is 0.417. The number of amides is 2. The van der Waals surface area contributed by atoms with Crippen molar-refractivity contribution in [3.8, 4) is 0 Å². The Kier molecular flexibility index (Phi) is 3.97. The molecular formula is C12H17BrN2O. The molecule has 16 heavy (non-hydrogen) atoms. The van der Waals surface area contributed by atoms with Gasteiger partial charge < -0.3 is 10.6 Å². The first-order valence-electron chi connectivity index (χ1n) is 5.13. The van der Waals surface area contributed by atoms with Crippen molar-refractivity contribution in [1.29, 1.82) is 0 Å². The summed E-state index contributed by atoms with van der Waals surface area (Å²) in [6.07, 6.45) is 0. The number of urea groups is 1. The highest BCUT2D eigenvalue weighted by molar-refractivity contribution is 9.10. The van der Waals surface area contributed by atoms with Crippen molar-refractivity contribution in [2.24, 2.45) is 0 Å². The summed E-state index contributed by atoms with van der Waals surface area (Å²) in [5, 5.41) is 5.68. The topological polar surface area (TPSA) is 41.1 Å². The van der Waals surface area contributed by atoms with E-state index in [0.29, 0.717) is 0 Å². The van der Waals surface area contributed by atoms with Crippen LogP contribution in [0.2, 0.25) is 0 Å². The maximum Gasteiger partial charge on any atom is 0.319 e. The first-order valence-corrected chi connectivity index (χ1v) is 5.92. The van der Waals surface area contributed by atoms with Gasteiger partial charge in [-0.3, -0.25) is 0 Å². The number of carbonyl (C=O) groups is 1. The molecule has 0 atom stereocenters. The number of aryl methyl sites for hydroxylation is 1. The quantitative estimate of drug-likeness (QED) is 0.812. The van der Waals surface area contributed by atoms with E-state index in [0.717, 1.165) is 15.7 Å². The van der Waals surface area contributed by atoms with E-state index < -0.39 is 0 Å². The summed E-state index contributed by atoms with van der Waals surface area (Å²) in [7, 11) is 0. The molecule has 0 aliphatic heterocycles. The highest BCUT2D eigenvalue weighted by Crippen LogP contribution is 2.20. The number of hydrogen-bond acceptors (Lipinski definition) is 1. The second-order valence-corrected chi connectivity index (χ2v) is 5.70. The summed E-state index contributed by atoms with van der Waals surface area (Å²) in [6, 6.07) is 5.60. The molecule has 88 valence electrons. The van der Waals surface area contributed by atoms with Crippen LogP contribution < -0.4 is 10.6 Å². The Morgan fingerprint density at radius 2 is 1.94 bits per heavy atom. The molecule has 1 rings (SSSR count). The maximum atomic E-state index is 11.7. The fourth-order valence-electron chi connectivity index (χ4n) is 1.22. The van der Waals surface area contributed by atoms with E-state index in [9.17, 15) is 4.79 Å². The Hall–Kier alpha value is -1.03.